The van der Waals surface area contributed by atoms with E-state index in [9.17, 15) is 0 Å². The van der Waals surface area contributed by atoms with Gasteiger partial charge < -0.3 is 4.57 Å². The third-order valence-electron chi connectivity index (χ3n) is 9.72. The maximum absolute atomic E-state index is 5.32. The van der Waals surface area contributed by atoms with Gasteiger partial charge in [-0.25, -0.2) is 9.97 Å². The standard InChI is InChI=1S/C46H30N4/c1-5-15-31(16-6-1)34-25-27-41-38(29-34)37-23-13-14-24-40(37)49(41)36-26-28-42-39(30-36)43-44(32-17-7-2-8-18-32)47-45(33-19-9-3-10-20-33)48-46(43)50(42)35-21-11-4-12-22-35/h1-30H. The monoisotopic (exact) mass is 638 g/mol. The summed E-state index contributed by atoms with van der Waals surface area (Å²) in [5, 5.41) is 4.60. The van der Waals surface area contributed by atoms with E-state index in [1.54, 1.807) is 0 Å². The van der Waals surface area contributed by atoms with Crippen LogP contribution in [0.15, 0.2) is 182 Å². The number of nitrogens with zero attached hydrogens (tertiary/aromatic N) is 4. The first kappa shape index (κ1) is 28.3. The van der Waals surface area contributed by atoms with E-state index in [0.717, 1.165) is 50.1 Å². The summed E-state index contributed by atoms with van der Waals surface area (Å²) in [4.78, 5) is 10.6. The van der Waals surface area contributed by atoms with E-state index in [0.29, 0.717) is 5.82 Å². The van der Waals surface area contributed by atoms with Crippen molar-refractivity contribution in [2.75, 3.05) is 0 Å². The summed E-state index contributed by atoms with van der Waals surface area (Å²) in [6, 6.07) is 64.2. The zero-order chi connectivity index (χ0) is 33.0. The molecule has 0 saturated carbocycles. The summed E-state index contributed by atoms with van der Waals surface area (Å²) in [5.74, 6) is 0.703. The highest BCUT2D eigenvalue weighted by molar-refractivity contribution is 6.15. The maximum atomic E-state index is 5.32. The number of fused-ring (bicyclic) bond motifs is 6. The van der Waals surface area contributed by atoms with Gasteiger partial charge in [-0.05, 0) is 59.7 Å². The van der Waals surface area contributed by atoms with Gasteiger partial charge in [-0.2, -0.15) is 0 Å². The average molecular weight is 639 g/mol. The molecule has 0 fully saturated rings. The molecular formula is C46H30N4. The zero-order valence-electron chi connectivity index (χ0n) is 27.1. The Morgan fingerprint density at radius 1 is 0.340 bits per heavy atom. The van der Waals surface area contributed by atoms with E-state index in [4.69, 9.17) is 9.97 Å². The van der Waals surface area contributed by atoms with Gasteiger partial charge in [-0.1, -0.05) is 133 Å². The number of hydrogen-bond acceptors (Lipinski definition) is 2. The van der Waals surface area contributed by atoms with Crippen LogP contribution in [0.2, 0.25) is 0 Å². The van der Waals surface area contributed by atoms with Crippen molar-refractivity contribution in [1.29, 1.82) is 0 Å². The zero-order valence-corrected chi connectivity index (χ0v) is 27.1. The summed E-state index contributed by atoms with van der Waals surface area (Å²) in [6.45, 7) is 0. The van der Waals surface area contributed by atoms with Crippen LogP contribution in [0.25, 0.3) is 88.9 Å². The average Bonchev–Trinajstić information content (AvgIpc) is 3.71. The van der Waals surface area contributed by atoms with E-state index < -0.39 is 0 Å². The molecule has 0 atom stereocenters. The molecule has 234 valence electrons. The Bertz CT molecular complexity index is 2840. The topological polar surface area (TPSA) is 35.6 Å². The van der Waals surface area contributed by atoms with Crippen LogP contribution >= 0.6 is 0 Å². The summed E-state index contributed by atoms with van der Waals surface area (Å²) in [5.41, 5.74) is 11.8. The first-order chi connectivity index (χ1) is 24.8. The summed E-state index contributed by atoms with van der Waals surface area (Å²) >= 11 is 0. The van der Waals surface area contributed by atoms with Crippen molar-refractivity contribution >= 4 is 43.7 Å². The summed E-state index contributed by atoms with van der Waals surface area (Å²) < 4.78 is 4.68. The highest BCUT2D eigenvalue weighted by Crippen LogP contribution is 2.41. The van der Waals surface area contributed by atoms with Gasteiger partial charge in [-0.3, -0.25) is 4.57 Å². The molecule has 0 spiro atoms. The second-order valence-electron chi connectivity index (χ2n) is 12.6. The Morgan fingerprint density at radius 2 is 0.920 bits per heavy atom. The molecule has 10 rings (SSSR count). The van der Waals surface area contributed by atoms with Crippen molar-refractivity contribution in [3.05, 3.63) is 182 Å². The molecule has 0 aliphatic carbocycles. The minimum Gasteiger partial charge on any atom is -0.309 e. The van der Waals surface area contributed by atoms with Gasteiger partial charge in [0.05, 0.1) is 27.6 Å². The molecule has 7 aromatic carbocycles. The Morgan fingerprint density at radius 3 is 1.66 bits per heavy atom. The molecule has 0 saturated heterocycles. The number of rotatable bonds is 5. The second-order valence-corrected chi connectivity index (χ2v) is 12.6. The molecule has 0 radical (unpaired) electrons. The molecule has 0 unspecified atom stereocenters. The number of aromatic nitrogens is 4. The van der Waals surface area contributed by atoms with Gasteiger partial charge in [0.15, 0.2) is 5.82 Å². The molecule has 0 bridgehead atoms. The lowest BCUT2D eigenvalue weighted by Gasteiger charge is -2.10. The van der Waals surface area contributed by atoms with Crippen LogP contribution < -0.4 is 0 Å². The molecule has 10 aromatic rings. The quantitative estimate of drug-likeness (QED) is 0.188. The van der Waals surface area contributed by atoms with E-state index in [-0.39, 0.29) is 0 Å². The highest BCUT2D eigenvalue weighted by atomic mass is 15.1. The first-order valence-corrected chi connectivity index (χ1v) is 16.9. The Labute approximate surface area is 289 Å². The fourth-order valence-electron chi connectivity index (χ4n) is 7.45. The predicted octanol–water partition coefficient (Wildman–Crippen LogP) is 11.7. The fourth-order valence-corrected chi connectivity index (χ4v) is 7.45. The van der Waals surface area contributed by atoms with Gasteiger partial charge in [0.2, 0.25) is 0 Å². The molecule has 3 heterocycles. The van der Waals surface area contributed by atoms with Gasteiger partial charge in [-0.15, -0.1) is 0 Å². The van der Waals surface area contributed by atoms with Crippen molar-refractivity contribution in [2.24, 2.45) is 0 Å². The van der Waals surface area contributed by atoms with Gasteiger partial charge in [0.25, 0.3) is 0 Å². The smallest absolute Gasteiger partial charge is 0.162 e. The molecule has 0 aliphatic heterocycles. The lowest BCUT2D eigenvalue weighted by atomic mass is 10.0. The van der Waals surface area contributed by atoms with Gasteiger partial charge in [0.1, 0.15) is 5.65 Å². The predicted molar refractivity (Wildman–Crippen MR) is 207 cm³/mol. The molecule has 0 amide bonds. The van der Waals surface area contributed by atoms with Crippen LogP contribution in [-0.2, 0) is 0 Å². The largest absolute Gasteiger partial charge is 0.309 e. The molecule has 50 heavy (non-hydrogen) atoms. The van der Waals surface area contributed by atoms with Crippen LogP contribution in [0, 0.1) is 0 Å². The lowest BCUT2D eigenvalue weighted by molar-refractivity contribution is 1.11. The van der Waals surface area contributed by atoms with Gasteiger partial charge in [0, 0.05) is 38.7 Å². The van der Waals surface area contributed by atoms with E-state index in [1.165, 1.54) is 32.9 Å². The summed E-state index contributed by atoms with van der Waals surface area (Å²) in [7, 11) is 0. The van der Waals surface area contributed by atoms with Crippen LogP contribution in [0.4, 0.5) is 0 Å². The fraction of sp³-hybridized carbons (Fsp3) is 0. The second kappa shape index (κ2) is 11.4. The van der Waals surface area contributed by atoms with Crippen molar-refractivity contribution in [2.45, 2.75) is 0 Å². The van der Waals surface area contributed by atoms with Crippen molar-refractivity contribution < 1.29 is 0 Å². The molecule has 4 nitrogen and oxygen atoms in total. The number of benzene rings is 7. The van der Waals surface area contributed by atoms with Crippen molar-refractivity contribution in [1.82, 2.24) is 19.1 Å². The van der Waals surface area contributed by atoms with Crippen LogP contribution in [0.1, 0.15) is 0 Å². The Kier molecular flexibility index (Phi) is 6.46. The molecular weight excluding hydrogens is 609 g/mol. The molecule has 0 N–H and O–H groups in total. The van der Waals surface area contributed by atoms with E-state index in [2.05, 4.69) is 173 Å². The molecule has 0 aliphatic rings. The minimum atomic E-state index is 0.703. The highest BCUT2D eigenvalue weighted by Gasteiger charge is 2.22. The number of hydrogen-bond donors (Lipinski definition) is 0. The van der Waals surface area contributed by atoms with Crippen LogP contribution in [0.5, 0.6) is 0 Å². The third kappa shape index (κ3) is 4.46. The van der Waals surface area contributed by atoms with Crippen LogP contribution in [0.3, 0.4) is 0 Å². The minimum absolute atomic E-state index is 0.703. The Balaban J connectivity index is 1.30. The lowest BCUT2D eigenvalue weighted by Crippen LogP contribution is -1.99. The molecule has 4 heteroatoms. The van der Waals surface area contributed by atoms with E-state index >= 15 is 0 Å². The van der Waals surface area contributed by atoms with Crippen molar-refractivity contribution in [3.8, 4) is 45.1 Å². The van der Waals surface area contributed by atoms with Crippen molar-refractivity contribution in [3.63, 3.8) is 0 Å². The normalized spacial score (nSPS) is 11.6. The molecule has 3 aromatic heterocycles. The van der Waals surface area contributed by atoms with Crippen LogP contribution in [-0.4, -0.2) is 19.1 Å². The third-order valence-corrected chi connectivity index (χ3v) is 9.72. The SMILES string of the molecule is c1ccc(-c2ccc3c(c2)c2ccccc2n3-c2ccc3c(c2)c2c(-c4ccccc4)nc(-c4ccccc4)nc2n3-c2ccccc2)cc1. The first-order valence-electron chi connectivity index (χ1n) is 16.9. The van der Waals surface area contributed by atoms with Gasteiger partial charge >= 0.3 is 0 Å². The number of para-hydroxylation sites is 2. The maximum Gasteiger partial charge on any atom is 0.162 e. The van der Waals surface area contributed by atoms with E-state index in [1.807, 2.05) is 18.2 Å². The Hall–Kier alpha value is -6.78. The summed E-state index contributed by atoms with van der Waals surface area (Å²) in [6.07, 6.45) is 0.